The molecule has 0 saturated carbocycles. The largest absolute Gasteiger partial charge is 0.309 e. The summed E-state index contributed by atoms with van der Waals surface area (Å²) in [7, 11) is 0. The standard InChI is InChI=1S/C8H11F2IO/c1-2-3-5-8(9,10)7(12)4-6-11/h4,6H,2-3,5H2,1H3/b6-4+. The molecule has 0 saturated heterocycles. The first-order chi connectivity index (χ1) is 5.54. The molecule has 0 rings (SSSR count). The lowest BCUT2D eigenvalue weighted by molar-refractivity contribution is -0.138. The molecule has 0 heterocycles. The number of ketones is 1. The van der Waals surface area contributed by atoms with Crippen molar-refractivity contribution in [3.63, 3.8) is 0 Å². The number of carbonyl (C=O) groups excluding carboxylic acids is 1. The smallest absolute Gasteiger partial charge is 0.288 e. The fourth-order valence-electron chi connectivity index (χ4n) is 0.701. The summed E-state index contributed by atoms with van der Waals surface area (Å²) in [6.45, 7) is 1.81. The zero-order chi connectivity index (χ0) is 9.61. The lowest BCUT2D eigenvalue weighted by atomic mass is 10.1. The van der Waals surface area contributed by atoms with E-state index in [4.69, 9.17) is 0 Å². The second kappa shape index (κ2) is 5.61. The van der Waals surface area contributed by atoms with Crippen LogP contribution in [0.2, 0.25) is 0 Å². The summed E-state index contributed by atoms with van der Waals surface area (Å²) >= 11 is 1.75. The predicted octanol–water partition coefficient (Wildman–Crippen LogP) is 3.33. The molecule has 0 aromatic carbocycles. The molecule has 0 aliphatic rings. The van der Waals surface area contributed by atoms with Gasteiger partial charge in [-0.1, -0.05) is 35.9 Å². The summed E-state index contributed by atoms with van der Waals surface area (Å²) in [6.07, 6.45) is 1.63. The molecule has 0 bridgehead atoms. The molecule has 0 aromatic rings. The van der Waals surface area contributed by atoms with Crippen molar-refractivity contribution in [3.05, 3.63) is 10.2 Å². The average molecular weight is 288 g/mol. The van der Waals surface area contributed by atoms with Gasteiger partial charge in [-0.2, -0.15) is 8.78 Å². The fraction of sp³-hybridized carbons (Fsp3) is 0.625. The Morgan fingerprint density at radius 1 is 1.58 bits per heavy atom. The first kappa shape index (κ1) is 12.0. The highest BCUT2D eigenvalue weighted by atomic mass is 127. The molecule has 70 valence electrons. The molecule has 0 aliphatic heterocycles. The Morgan fingerprint density at radius 3 is 2.58 bits per heavy atom. The molecule has 0 unspecified atom stereocenters. The number of rotatable bonds is 5. The minimum absolute atomic E-state index is 0.344. The van der Waals surface area contributed by atoms with Gasteiger partial charge in [-0.05, 0) is 16.6 Å². The fourth-order valence-corrected chi connectivity index (χ4v) is 1.03. The van der Waals surface area contributed by atoms with Gasteiger partial charge in [0.1, 0.15) is 0 Å². The second-order valence-corrected chi connectivity index (χ2v) is 3.18. The quantitative estimate of drug-likeness (QED) is 0.560. The Labute approximate surface area is 84.4 Å². The molecule has 0 N–H and O–H groups in total. The van der Waals surface area contributed by atoms with Crippen molar-refractivity contribution < 1.29 is 13.6 Å². The lowest BCUT2D eigenvalue weighted by Gasteiger charge is -2.11. The van der Waals surface area contributed by atoms with Crippen LogP contribution in [-0.4, -0.2) is 11.7 Å². The van der Waals surface area contributed by atoms with E-state index >= 15 is 0 Å². The Morgan fingerprint density at radius 2 is 2.17 bits per heavy atom. The van der Waals surface area contributed by atoms with Crippen LogP contribution in [0.1, 0.15) is 26.2 Å². The van der Waals surface area contributed by atoms with E-state index in [0.29, 0.717) is 12.8 Å². The summed E-state index contributed by atoms with van der Waals surface area (Å²) in [6, 6.07) is 0. The Bertz CT molecular complexity index is 178. The third-order valence-corrected chi connectivity index (χ3v) is 1.78. The zero-order valence-corrected chi connectivity index (χ0v) is 8.98. The molecule has 0 aromatic heterocycles. The van der Waals surface area contributed by atoms with Crippen LogP contribution in [-0.2, 0) is 4.79 Å². The summed E-state index contributed by atoms with van der Waals surface area (Å²) in [5, 5.41) is 0. The highest BCUT2D eigenvalue weighted by molar-refractivity contribution is 14.1. The first-order valence-corrected chi connectivity index (χ1v) is 4.98. The van der Waals surface area contributed by atoms with E-state index in [1.807, 2.05) is 6.92 Å². The minimum Gasteiger partial charge on any atom is -0.288 e. The van der Waals surface area contributed by atoms with Crippen LogP contribution in [0.15, 0.2) is 10.2 Å². The number of unbranched alkanes of at least 4 members (excludes halogenated alkanes) is 1. The maximum Gasteiger partial charge on any atom is 0.309 e. The number of hydrogen-bond donors (Lipinski definition) is 0. The lowest BCUT2D eigenvalue weighted by Crippen LogP contribution is -2.26. The third kappa shape index (κ3) is 4.13. The normalized spacial score (nSPS) is 12.3. The summed E-state index contributed by atoms with van der Waals surface area (Å²) in [5.74, 6) is -4.26. The number of carbonyl (C=O) groups is 1. The molecular weight excluding hydrogens is 277 g/mol. The van der Waals surface area contributed by atoms with Crippen LogP contribution < -0.4 is 0 Å². The van der Waals surface area contributed by atoms with E-state index in [1.54, 1.807) is 22.6 Å². The van der Waals surface area contributed by atoms with E-state index in [2.05, 4.69) is 0 Å². The van der Waals surface area contributed by atoms with Crippen molar-refractivity contribution in [1.29, 1.82) is 0 Å². The van der Waals surface area contributed by atoms with Gasteiger partial charge in [-0.25, -0.2) is 0 Å². The van der Waals surface area contributed by atoms with E-state index in [1.165, 1.54) is 4.08 Å². The van der Waals surface area contributed by atoms with Gasteiger partial charge < -0.3 is 0 Å². The van der Waals surface area contributed by atoms with Gasteiger partial charge in [0.25, 0.3) is 0 Å². The van der Waals surface area contributed by atoms with Crippen LogP contribution >= 0.6 is 22.6 Å². The van der Waals surface area contributed by atoms with E-state index < -0.39 is 11.7 Å². The van der Waals surface area contributed by atoms with Gasteiger partial charge in [0, 0.05) is 6.42 Å². The van der Waals surface area contributed by atoms with Crippen molar-refractivity contribution in [2.45, 2.75) is 32.1 Å². The molecule has 0 amide bonds. The van der Waals surface area contributed by atoms with Crippen molar-refractivity contribution in [3.8, 4) is 0 Å². The number of halogens is 3. The highest BCUT2D eigenvalue weighted by Gasteiger charge is 2.35. The van der Waals surface area contributed by atoms with Gasteiger partial charge in [0.15, 0.2) is 0 Å². The summed E-state index contributed by atoms with van der Waals surface area (Å²) in [5.41, 5.74) is 0. The van der Waals surface area contributed by atoms with Crippen LogP contribution in [0.3, 0.4) is 0 Å². The van der Waals surface area contributed by atoms with Gasteiger partial charge in [-0.15, -0.1) is 0 Å². The number of alkyl halides is 2. The second-order valence-electron chi connectivity index (χ2n) is 2.46. The van der Waals surface area contributed by atoms with E-state index in [-0.39, 0.29) is 6.42 Å². The molecule has 0 atom stereocenters. The maximum absolute atomic E-state index is 12.8. The van der Waals surface area contributed by atoms with Gasteiger partial charge in [0.2, 0.25) is 5.78 Å². The highest BCUT2D eigenvalue weighted by Crippen LogP contribution is 2.23. The third-order valence-electron chi connectivity index (χ3n) is 1.42. The molecule has 1 nitrogen and oxygen atoms in total. The average Bonchev–Trinajstić information content (AvgIpc) is 2.01. The van der Waals surface area contributed by atoms with Crippen LogP contribution in [0.5, 0.6) is 0 Å². The molecule has 0 aliphatic carbocycles. The summed E-state index contributed by atoms with van der Waals surface area (Å²) < 4.78 is 26.9. The van der Waals surface area contributed by atoms with Crippen LogP contribution in [0, 0.1) is 0 Å². The van der Waals surface area contributed by atoms with Crippen molar-refractivity contribution in [1.82, 2.24) is 0 Å². The number of hydrogen-bond acceptors (Lipinski definition) is 1. The van der Waals surface area contributed by atoms with Gasteiger partial charge in [0.05, 0.1) is 0 Å². The first-order valence-electron chi connectivity index (χ1n) is 3.73. The van der Waals surface area contributed by atoms with Gasteiger partial charge >= 0.3 is 5.92 Å². The Kier molecular flexibility index (Phi) is 5.61. The van der Waals surface area contributed by atoms with E-state index in [9.17, 15) is 13.6 Å². The minimum atomic E-state index is -3.17. The molecular formula is C8H11F2IO. The zero-order valence-electron chi connectivity index (χ0n) is 6.82. The SMILES string of the molecule is CCCCC(F)(F)C(=O)/C=C/I. The topological polar surface area (TPSA) is 17.1 Å². The van der Waals surface area contributed by atoms with Crippen molar-refractivity contribution in [2.24, 2.45) is 0 Å². The van der Waals surface area contributed by atoms with Crippen molar-refractivity contribution >= 4 is 28.4 Å². The van der Waals surface area contributed by atoms with Crippen molar-refractivity contribution in [2.75, 3.05) is 0 Å². The summed E-state index contributed by atoms with van der Waals surface area (Å²) in [4.78, 5) is 10.7. The van der Waals surface area contributed by atoms with Crippen LogP contribution in [0.4, 0.5) is 8.78 Å². The molecule has 0 spiro atoms. The number of allylic oxidation sites excluding steroid dienone is 1. The molecule has 12 heavy (non-hydrogen) atoms. The molecule has 0 radical (unpaired) electrons. The van der Waals surface area contributed by atoms with Gasteiger partial charge in [-0.3, -0.25) is 4.79 Å². The Balaban J connectivity index is 4.09. The maximum atomic E-state index is 12.8. The van der Waals surface area contributed by atoms with E-state index in [0.717, 1.165) is 6.08 Å². The van der Waals surface area contributed by atoms with Crippen LogP contribution in [0.25, 0.3) is 0 Å². The molecule has 4 heteroatoms. The monoisotopic (exact) mass is 288 g/mol. The molecule has 0 fully saturated rings. The Hall–Kier alpha value is -0.000000000000000111. The predicted molar refractivity (Wildman–Crippen MR) is 52.6 cm³/mol.